The molecule has 0 spiro atoms. The van der Waals surface area contributed by atoms with E-state index in [1.165, 1.54) is 11.8 Å². The zero-order valence-electron chi connectivity index (χ0n) is 16.3. The van der Waals surface area contributed by atoms with Crippen molar-refractivity contribution in [1.29, 1.82) is 0 Å². The molecule has 1 aliphatic heterocycles. The fourth-order valence-corrected chi connectivity index (χ4v) is 4.52. The van der Waals surface area contributed by atoms with Crippen LogP contribution < -0.4 is 10.2 Å². The highest BCUT2D eigenvalue weighted by Crippen LogP contribution is 2.39. The quantitative estimate of drug-likeness (QED) is 0.704. The summed E-state index contributed by atoms with van der Waals surface area (Å²) in [5, 5.41) is 8.51. The van der Waals surface area contributed by atoms with Crippen LogP contribution in [-0.2, 0) is 9.59 Å². The number of hydrogen-bond acceptors (Lipinski definition) is 4. The van der Waals surface area contributed by atoms with E-state index in [1.54, 1.807) is 4.90 Å². The third-order valence-electron chi connectivity index (χ3n) is 4.87. The number of nitrogens with one attached hydrogen (secondary N) is 1. The minimum atomic E-state index is -0.195. The summed E-state index contributed by atoms with van der Waals surface area (Å²) >= 11 is 1.46. The van der Waals surface area contributed by atoms with Crippen LogP contribution in [0, 0.1) is 6.92 Å². The summed E-state index contributed by atoms with van der Waals surface area (Å²) in [6.45, 7) is 3.78. The Morgan fingerprint density at radius 1 is 1.14 bits per heavy atom. The number of amides is 2. The second kappa shape index (κ2) is 8.13. The van der Waals surface area contributed by atoms with E-state index in [0.29, 0.717) is 0 Å². The van der Waals surface area contributed by atoms with E-state index in [2.05, 4.69) is 10.4 Å². The molecule has 0 unspecified atom stereocenters. The molecule has 148 valence electrons. The molecule has 1 atom stereocenters. The summed E-state index contributed by atoms with van der Waals surface area (Å²) in [4.78, 5) is 26.9. The van der Waals surface area contributed by atoms with Crippen molar-refractivity contribution < 1.29 is 9.59 Å². The van der Waals surface area contributed by atoms with Crippen LogP contribution in [0.3, 0.4) is 0 Å². The lowest BCUT2D eigenvalue weighted by atomic mass is 10.1. The lowest BCUT2D eigenvalue weighted by Gasteiger charge is -2.27. The van der Waals surface area contributed by atoms with Crippen LogP contribution in [-0.4, -0.2) is 33.9 Å². The van der Waals surface area contributed by atoms with E-state index in [0.717, 1.165) is 27.7 Å². The molecule has 2 heterocycles. The van der Waals surface area contributed by atoms with Gasteiger partial charge in [0.1, 0.15) is 11.6 Å². The Bertz CT molecular complexity index is 1030. The molecule has 7 heteroatoms. The van der Waals surface area contributed by atoms with Gasteiger partial charge in [-0.3, -0.25) is 14.5 Å². The number of para-hydroxylation sites is 1. The molecule has 0 saturated heterocycles. The van der Waals surface area contributed by atoms with Crippen LogP contribution in [0.4, 0.5) is 5.69 Å². The molecule has 2 amide bonds. The summed E-state index contributed by atoms with van der Waals surface area (Å²) in [7, 11) is 0. The SMILES string of the molecule is Cc1nn(-c2ccccc2)c2c1N(CC(=O)N[C@H](C)c1ccccc1)C(=O)CS2. The second-order valence-electron chi connectivity index (χ2n) is 6.95. The molecule has 0 fully saturated rings. The monoisotopic (exact) mass is 406 g/mol. The van der Waals surface area contributed by atoms with Crippen molar-refractivity contribution in [2.45, 2.75) is 24.9 Å². The van der Waals surface area contributed by atoms with Gasteiger partial charge >= 0.3 is 0 Å². The van der Waals surface area contributed by atoms with Crippen molar-refractivity contribution in [2.24, 2.45) is 0 Å². The van der Waals surface area contributed by atoms with Gasteiger partial charge in [-0.25, -0.2) is 4.68 Å². The van der Waals surface area contributed by atoms with Gasteiger partial charge in [-0.05, 0) is 31.5 Å². The topological polar surface area (TPSA) is 67.2 Å². The molecular formula is C22H22N4O2S. The maximum atomic E-state index is 12.7. The minimum absolute atomic E-state index is 0.0229. The second-order valence-corrected chi connectivity index (χ2v) is 7.92. The van der Waals surface area contributed by atoms with Gasteiger partial charge in [0.15, 0.2) is 0 Å². The fraction of sp³-hybridized carbons (Fsp3) is 0.227. The van der Waals surface area contributed by atoms with Gasteiger partial charge in [-0.1, -0.05) is 60.3 Å². The molecule has 1 aliphatic rings. The van der Waals surface area contributed by atoms with E-state index in [-0.39, 0.29) is 30.2 Å². The Labute approximate surface area is 173 Å². The zero-order chi connectivity index (χ0) is 20.4. The van der Waals surface area contributed by atoms with Gasteiger partial charge in [-0.15, -0.1) is 0 Å². The van der Waals surface area contributed by atoms with Crippen LogP contribution in [0.2, 0.25) is 0 Å². The highest BCUT2D eigenvalue weighted by atomic mass is 32.2. The number of hydrogen-bond donors (Lipinski definition) is 1. The maximum absolute atomic E-state index is 12.7. The van der Waals surface area contributed by atoms with Crippen molar-refractivity contribution >= 4 is 29.3 Å². The van der Waals surface area contributed by atoms with Gasteiger partial charge in [0.05, 0.1) is 28.9 Å². The molecule has 29 heavy (non-hydrogen) atoms. The Morgan fingerprint density at radius 3 is 2.48 bits per heavy atom. The molecule has 0 aliphatic carbocycles. The number of thioether (sulfide) groups is 1. The van der Waals surface area contributed by atoms with E-state index in [9.17, 15) is 9.59 Å². The summed E-state index contributed by atoms with van der Waals surface area (Å²) < 4.78 is 1.85. The number of fused-ring (bicyclic) bond motifs is 1. The van der Waals surface area contributed by atoms with Crippen LogP contribution in [0.1, 0.15) is 24.2 Å². The molecule has 0 saturated carbocycles. The molecule has 6 nitrogen and oxygen atoms in total. The number of aromatic nitrogens is 2. The first-order valence-corrected chi connectivity index (χ1v) is 10.5. The zero-order valence-corrected chi connectivity index (χ0v) is 17.1. The van der Waals surface area contributed by atoms with Crippen molar-refractivity contribution in [3.8, 4) is 5.69 Å². The standard InChI is InChI=1S/C22H22N4O2S/c1-15(17-9-5-3-6-10-17)23-19(27)13-25-20(28)14-29-22-21(25)16(2)24-26(22)18-11-7-4-8-12-18/h3-12,15H,13-14H2,1-2H3,(H,23,27)/t15-/m1/s1. The molecule has 0 bridgehead atoms. The first kappa shape index (κ1) is 19.3. The van der Waals surface area contributed by atoms with Crippen molar-refractivity contribution in [2.75, 3.05) is 17.2 Å². The van der Waals surface area contributed by atoms with Gasteiger partial charge in [0, 0.05) is 0 Å². The number of carbonyl (C=O) groups excluding carboxylic acids is 2. The smallest absolute Gasteiger partial charge is 0.240 e. The predicted octanol–water partition coefficient (Wildman–Crippen LogP) is 3.50. The lowest BCUT2D eigenvalue weighted by molar-refractivity contribution is -0.123. The summed E-state index contributed by atoms with van der Waals surface area (Å²) in [6.07, 6.45) is 0. The molecule has 1 N–H and O–H groups in total. The summed E-state index contributed by atoms with van der Waals surface area (Å²) in [5.74, 6) is 0.00656. The van der Waals surface area contributed by atoms with Crippen LogP contribution in [0.5, 0.6) is 0 Å². The van der Waals surface area contributed by atoms with E-state index in [4.69, 9.17) is 0 Å². The molecule has 1 aromatic heterocycles. The Kier molecular flexibility index (Phi) is 5.40. The molecular weight excluding hydrogens is 384 g/mol. The van der Waals surface area contributed by atoms with Gasteiger partial charge < -0.3 is 5.32 Å². The minimum Gasteiger partial charge on any atom is -0.348 e. The highest BCUT2D eigenvalue weighted by Gasteiger charge is 2.32. The van der Waals surface area contributed by atoms with Crippen LogP contribution in [0.15, 0.2) is 65.7 Å². The van der Waals surface area contributed by atoms with Gasteiger partial charge in [-0.2, -0.15) is 5.10 Å². The number of aryl methyl sites for hydroxylation is 1. The van der Waals surface area contributed by atoms with Gasteiger partial charge in [0.25, 0.3) is 0 Å². The van der Waals surface area contributed by atoms with Crippen molar-refractivity contribution in [1.82, 2.24) is 15.1 Å². The Hall–Kier alpha value is -3.06. The summed E-state index contributed by atoms with van der Waals surface area (Å²) in [5.41, 5.74) is 3.40. The highest BCUT2D eigenvalue weighted by molar-refractivity contribution is 8.00. The fourth-order valence-electron chi connectivity index (χ4n) is 3.44. The number of benzene rings is 2. The van der Waals surface area contributed by atoms with Crippen LogP contribution in [0.25, 0.3) is 5.69 Å². The first-order valence-electron chi connectivity index (χ1n) is 9.47. The Morgan fingerprint density at radius 2 is 1.79 bits per heavy atom. The number of anilines is 1. The van der Waals surface area contributed by atoms with Crippen molar-refractivity contribution in [3.05, 3.63) is 71.9 Å². The normalized spacial score (nSPS) is 14.4. The molecule has 2 aromatic carbocycles. The third kappa shape index (κ3) is 3.91. The number of rotatable bonds is 5. The van der Waals surface area contributed by atoms with Crippen molar-refractivity contribution in [3.63, 3.8) is 0 Å². The molecule has 4 rings (SSSR count). The van der Waals surface area contributed by atoms with Gasteiger partial charge in [0.2, 0.25) is 11.8 Å². The maximum Gasteiger partial charge on any atom is 0.240 e. The number of nitrogens with zero attached hydrogens (tertiary/aromatic N) is 3. The largest absolute Gasteiger partial charge is 0.348 e. The lowest BCUT2D eigenvalue weighted by Crippen LogP contribution is -2.44. The van der Waals surface area contributed by atoms with Crippen LogP contribution >= 0.6 is 11.8 Å². The predicted molar refractivity (Wildman–Crippen MR) is 114 cm³/mol. The average Bonchev–Trinajstić information content (AvgIpc) is 3.08. The summed E-state index contributed by atoms with van der Waals surface area (Å²) in [6, 6.07) is 19.4. The first-order chi connectivity index (χ1) is 14.0. The van der Waals surface area contributed by atoms with E-state index in [1.807, 2.05) is 79.2 Å². The third-order valence-corrected chi connectivity index (χ3v) is 5.90. The van der Waals surface area contributed by atoms with E-state index >= 15 is 0 Å². The molecule has 3 aromatic rings. The Balaban J connectivity index is 1.57. The number of carbonyl (C=O) groups is 2. The average molecular weight is 407 g/mol. The van der Waals surface area contributed by atoms with E-state index < -0.39 is 0 Å². The molecule has 0 radical (unpaired) electrons.